The van der Waals surface area contributed by atoms with Crippen LogP contribution in [0, 0.1) is 0 Å². The lowest BCUT2D eigenvalue weighted by Gasteiger charge is -2.37. The largest absolute Gasteiger partial charge is 0.480 e. The molecule has 0 heterocycles. The SMILES string of the molecule is COC(=O)C[C@@H](NC(=O)CC1(N)CCC1)C(=O)O. The second-order valence-electron chi connectivity index (χ2n) is 4.63. The minimum Gasteiger partial charge on any atom is -0.480 e. The predicted molar refractivity (Wildman–Crippen MR) is 61.6 cm³/mol. The average molecular weight is 258 g/mol. The molecule has 1 saturated carbocycles. The summed E-state index contributed by atoms with van der Waals surface area (Å²) in [6.45, 7) is 0. The van der Waals surface area contributed by atoms with Crippen LogP contribution in [0.2, 0.25) is 0 Å². The van der Waals surface area contributed by atoms with Crippen LogP contribution in [-0.2, 0) is 19.1 Å². The molecule has 0 aromatic rings. The van der Waals surface area contributed by atoms with Crippen molar-refractivity contribution in [3.63, 3.8) is 0 Å². The minimum absolute atomic E-state index is 0.0813. The van der Waals surface area contributed by atoms with E-state index >= 15 is 0 Å². The van der Waals surface area contributed by atoms with Gasteiger partial charge in [-0.25, -0.2) is 4.79 Å². The molecule has 0 saturated heterocycles. The van der Waals surface area contributed by atoms with Gasteiger partial charge in [0.1, 0.15) is 6.04 Å². The Labute approximate surface area is 105 Å². The highest BCUT2D eigenvalue weighted by molar-refractivity contribution is 5.87. The van der Waals surface area contributed by atoms with Gasteiger partial charge >= 0.3 is 11.9 Å². The predicted octanol–water partition coefficient (Wildman–Crippen LogP) is -0.610. The summed E-state index contributed by atoms with van der Waals surface area (Å²) >= 11 is 0. The van der Waals surface area contributed by atoms with Crippen LogP contribution in [0.5, 0.6) is 0 Å². The van der Waals surface area contributed by atoms with Crippen LogP contribution in [0.3, 0.4) is 0 Å². The molecule has 1 fully saturated rings. The molecule has 0 aromatic heterocycles. The Balaban J connectivity index is 2.47. The third-order valence-corrected chi connectivity index (χ3v) is 3.09. The number of carboxylic acids is 1. The van der Waals surface area contributed by atoms with Gasteiger partial charge in [0.05, 0.1) is 13.5 Å². The van der Waals surface area contributed by atoms with Crippen LogP contribution in [0.4, 0.5) is 0 Å². The number of methoxy groups -OCH3 is 1. The molecule has 7 nitrogen and oxygen atoms in total. The normalized spacial score (nSPS) is 18.3. The van der Waals surface area contributed by atoms with Gasteiger partial charge in [0.15, 0.2) is 0 Å². The van der Waals surface area contributed by atoms with Crippen molar-refractivity contribution in [1.82, 2.24) is 5.32 Å². The Bertz CT molecular complexity index is 351. The number of nitrogens with two attached hydrogens (primary N) is 1. The highest BCUT2D eigenvalue weighted by Gasteiger charge is 2.35. The summed E-state index contributed by atoms with van der Waals surface area (Å²) in [4.78, 5) is 33.5. The molecule has 0 bridgehead atoms. The molecule has 1 aliphatic rings. The van der Waals surface area contributed by atoms with Crippen molar-refractivity contribution in [2.24, 2.45) is 5.73 Å². The molecule has 1 amide bonds. The quantitative estimate of drug-likeness (QED) is 0.547. The van der Waals surface area contributed by atoms with E-state index in [0.29, 0.717) is 0 Å². The number of esters is 1. The number of rotatable bonds is 6. The summed E-state index contributed by atoms with van der Waals surface area (Å²) in [7, 11) is 1.16. The van der Waals surface area contributed by atoms with Gasteiger partial charge in [-0.3, -0.25) is 9.59 Å². The highest BCUT2D eigenvalue weighted by Crippen LogP contribution is 2.31. The highest BCUT2D eigenvalue weighted by atomic mass is 16.5. The molecule has 0 aromatic carbocycles. The van der Waals surface area contributed by atoms with E-state index in [-0.39, 0.29) is 6.42 Å². The third-order valence-electron chi connectivity index (χ3n) is 3.09. The first-order chi connectivity index (χ1) is 8.36. The number of carboxylic acid groups (broad SMARTS) is 1. The van der Waals surface area contributed by atoms with Gasteiger partial charge in [-0.15, -0.1) is 0 Å². The number of amides is 1. The maximum atomic E-state index is 11.6. The van der Waals surface area contributed by atoms with Crippen molar-refractivity contribution in [2.45, 2.75) is 43.7 Å². The number of carbonyl (C=O) groups is 3. The molecule has 0 aliphatic heterocycles. The van der Waals surface area contributed by atoms with Crippen LogP contribution in [0.25, 0.3) is 0 Å². The van der Waals surface area contributed by atoms with Crippen molar-refractivity contribution in [3.05, 3.63) is 0 Å². The standard InChI is InChI=1S/C11H18N2O5/c1-18-9(15)5-7(10(16)17)13-8(14)6-11(12)3-2-4-11/h7H,2-6,12H2,1H3,(H,13,14)(H,16,17)/t7-/m1/s1. The lowest BCUT2D eigenvalue weighted by atomic mass is 9.75. The molecular weight excluding hydrogens is 240 g/mol. The van der Waals surface area contributed by atoms with Gasteiger partial charge in [-0.1, -0.05) is 0 Å². The summed E-state index contributed by atoms with van der Waals surface area (Å²) in [5.41, 5.74) is 5.37. The summed E-state index contributed by atoms with van der Waals surface area (Å²) in [5.74, 6) is -2.41. The van der Waals surface area contributed by atoms with Crippen molar-refractivity contribution < 1.29 is 24.2 Å². The van der Waals surface area contributed by atoms with Gasteiger partial charge in [-0.2, -0.15) is 0 Å². The molecule has 1 rings (SSSR count). The van der Waals surface area contributed by atoms with Crippen LogP contribution in [-0.4, -0.2) is 41.6 Å². The molecule has 7 heteroatoms. The van der Waals surface area contributed by atoms with E-state index in [1.165, 1.54) is 0 Å². The Morgan fingerprint density at radius 2 is 2.06 bits per heavy atom. The summed E-state index contributed by atoms with van der Waals surface area (Å²) in [6.07, 6.45) is 2.19. The molecule has 18 heavy (non-hydrogen) atoms. The summed E-state index contributed by atoms with van der Waals surface area (Å²) < 4.78 is 4.37. The topological polar surface area (TPSA) is 119 Å². The smallest absolute Gasteiger partial charge is 0.326 e. The van der Waals surface area contributed by atoms with Gasteiger partial charge in [0, 0.05) is 12.0 Å². The first-order valence-corrected chi connectivity index (χ1v) is 5.74. The second-order valence-corrected chi connectivity index (χ2v) is 4.63. The number of nitrogens with one attached hydrogen (secondary N) is 1. The van der Waals surface area contributed by atoms with Crippen LogP contribution < -0.4 is 11.1 Å². The van der Waals surface area contributed by atoms with Crippen LogP contribution in [0.1, 0.15) is 32.1 Å². The Morgan fingerprint density at radius 1 is 1.44 bits per heavy atom. The molecule has 102 valence electrons. The number of aliphatic carboxylic acids is 1. The van der Waals surface area contributed by atoms with E-state index in [9.17, 15) is 14.4 Å². The fourth-order valence-corrected chi connectivity index (χ4v) is 1.82. The van der Waals surface area contributed by atoms with Gasteiger partial charge in [0.2, 0.25) is 5.91 Å². The average Bonchev–Trinajstić information content (AvgIpc) is 2.25. The fraction of sp³-hybridized carbons (Fsp3) is 0.727. The van der Waals surface area contributed by atoms with Gasteiger partial charge in [0.25, 0.3) is 0 Å². The minimum atomic E-state index is -1.27. The van der Waals surface area contributed by atoms with E-state index in [1.54, 1.807) is 0 Å². The van der Waals surface area contributed by atoms with E-state index in [4.69, 9.17) is 10.8 Å². The summed E-state index contributed by atoms with van der Waals surface area (Å²) in [5, 5.41) is 11.2. The fourth-order valence-electron chi connectivity index (χ4n) is 1.82. The Morgan fingerprint density at radius 3 is 2.44 bits per heavy atom. The van der Waals surface area contributed by atoms with Crippen LogP contribution >= 0.6 is 0 Å². The number of carbonyl (C=O) groups excluding carboxylic acids is 2. The molecule has 0 spiro atoms. The zero-order chi connectivity index (χ0) is 13.8. The van der Waals surface area contributed by atoms with Crippen molar-refractivity contribution in [1.29, 1.82) is 0 Å². The van der Waals surface area contributed by atoms with Crippen molar-refractivity contribution in [3.8, 4) is 0 Å². The summed E-state index contributed by atoms with van der Waals surface area (Å²) in [6, 6.07) is -1.27. The zero-order valence-corrected chi connectivity index (χ0v) is 10.3. The molecule has 0 unspecified atom stereocenters. The first kappa shape index (κ1) is 14.4. The monoisotopic (exact) mass is 258 g/mol. The Hall–Kier alpha value is -1.63. The number of hydrogen-bond acceptors (Lipinski definition) is 5. The number of hydrogen-bond donors (Lipinski definition) is 3. The van der Waals surface area contributed by atoms with Crippen molar-refractivity contribution >= 4 is 17.8 Å². The lowest BCUT2D eigenvalue weighted by molar-refractivity contribution is -0.148. The van der Waals surface area contributed by atoms with E-state index in [0.717, 1.165) is 26.4 Å². The van der Waals surface area contributed by atoms with Crippen molar-refractivity contribution in [2.75, 3.05) is 7.11 Å². The lowest BCUT2D eigenvalue weighted by Crippen LogP contribution is -2.52. The molecule has 1 aliphatic carbocycles. The third kappa shape index (κ3) is 3.99. The van der Waals surface area contributed by atoms with E-state index in [2.05, 4.69) is 10.1 Å². The molecule has 1 atom stereocenters. The first-order valence-electron chi connectivity index (χ1n) is 5.74. The Kier molecular flexibility index (Phi) is 4.66. The zero-order valence-electron chi connectivity index (χ0n) is 10.3. The van der Waals surface area contributed by atoms with Gasteiger partial charge < -0.3 is 20.9 Å². The maximum Gasteiger partial charge on any atom is 0.326 e. The number of ether oxygens (including phenoxy) is 1. The molecular formula is C11H18N2O5. The molecule has 0 radical (unpaired) electrons. The van der Waals surface area contributed by atoms with E-state index in [1.807, 2.05) is 0 Å². The maximum absolute atomic E-state index is 11.6. The van der Waals surface area contributed by atoms with Gasteiger partial charge in [-0.05, 0) is 19.3 Å². The van der Waals surface area contributed by atoms with E-state index < -0.39 is 35.8 Å². The second kappa shape index (κ2) is 5.81. The van der Waals surface area contributed by atoms with Crippen LogP contribution in [0.15, 0.2) is 0 Å². The molecule has 4 N–H and O–H groups in total.